The van der Waals surface area contributed by atoms with E-state index in [0.717, 1.165) is 13.2 Å². The van der Waals surface area contributed by atoms with Crippen molar-refractivity contribution >= 4 is 0 Å². The number of hydrogen-bond acceptors (Lipinski definition) is 1. The van der Waals surface area contributed by atoms with Crippen LogP contribution in [0, 0.1) is 0 Å². The van der Waals surface area contributed by atoms with E-state index in [1.165, 1.54) is 49.9 Å². The topological polar surface area (TPSA) is 18.0 Å². The highest BCUT2D eigenvalue weighted by Crippen LogP contribution is 2.15. The van der Waals surface area contributed by atoms with Gasteiger partial charge in [0.1, 0.15) is 12.4 Å². The van der Waals surface area contributed by atoms with Gasteiger partial charge in [-0.1, -0.05) is 57.2 Å². The zero-order valence-corrected chi connectivity index (χ0v) is 15.8. The van der Waals surface area contributed by atoms with Crippen LogP contribution in [0.5, 0.6) is 0 Å². The molecule has 0 spiro atoms. The lowest BCUT2D eigenvalue weighted by Crippen LogP contribution is -3.00. The lowest BCUT2D eigenvalue weighted by atomic mass is 10.1. The van der Waals surface area contributed by atoms with E-state index in [9.17, 15) is 0 Å². The maximum atomic E-state index is 5.90. The molecular weight excluding hydrogens is 320 g/mol. The summed E-state index contributed by atoms with van der Waals surface area (Å²) in [6, 6.07) is 10.5. The molecule has 0 aliphatic carbocycles. The molecule has 0 N–H and O–H groups in total. The minimum atomic E-state index is 0. The number of halogens is 1. The van der Waals surface area contributed by atoms with Crippen LogP contribution in [0.3, 0.4) is 0 Å². The molecule has 0 unspecified atom stereocenters. The SMILES string of the molecule is CCCCCCCCOC[n+]1ccn(CC)c1-c1ccccc1.[Cl-]. The Hall–Kier alpha value is -1.32. The first-order valence-corrected chi connectivity index (χ1v) is 9.08. The van der Waals surface area contributed by atoms with E-state index in [4.69, 9.17) is 4.74 Å². The van der Waals surface area contributed by atoms with Crippen molar-refractivity contribution in [2.24, 2.45) is 0 Å². The molecule has 0 aliphatic rings. The number of hydrogen-bond donors (Lipinski definition) is 0. The van der Waals surface area contributed by atoms with Crippen molar-refractivity contribution in [3.05, 3.63) is 42.7 Å². The number of imidazole rings is 1. The molecule has 2 aromatic rings. The van der Waals surface area contributed by atoms with Crippen molar-refractivity contribution in [1.29, 1.82) is 0 Å². The molecule has 0 amide bonds. The van der Waals surface area contributed by atoms with Crippen molar-refractivity contribution in [2.75, 3.05) is 6.61 Å². The third-order valence-electron chi connectivity index (χ3n) is 4.22. The Morgan fingerprint density at radius 2 is 1.67 bits per heavy atom. The van der Waals surface area contributed by atoms with Gasteiger partial charge >= 0.3 is 0 Å². The Bertz CT molecular complexity index is 554. The second-order valence-corrected chi connectivity index (χ2v) is 6.05. The molecule has 4 heteroatoms. The smallest absolute Gasteiger partial charge is 0.290 e. The molecule has 3 nitrogen and oxygen atoms in total. The highest BCUT2D eigenvalue weighted by molar-refractivity contribution is 5.52. The predicted octanol–water partition coefficient (Wildman–Crippen LogP) is 1.80. The lowest BCUT2D eigenvalue weighted by molar-refractivity contribution is -0.722. The third-order valence-corrected chi connectivity index (χ3v) is 4.22. The number of nitrogens with zero attached hydrogens (tertiary/aromatic N) is 2. The summed E-state index contributed by atoms with van der Waals surface area (Å²) in [4.78, 5) is 0. The number of aromatic nitrogens is 2. The van der Waals surface area contributed by atoms with Gasteiger partial charge in [0.15, 0.2) is 6.73 Å². The second kappa shape index (κ2) is 12.1. The molecule has 0 saturated carbocycles. The molecule has 1 heterocycles. The predicted molar refractivity (Wildman–Crippen MR) is 95.1 cm³/mol. The number of ether oxygens (including phenoxy) is 1. The molecule has 134 valence electrons. The molecule has 24 heavy (non-hydrogen) atoms. The Kier molecular flexibility index (Phi) is 10.4. The van der Waals surface area contributed by atoms with Gasteiger partial charge in [-0.15, -0.1) is 0 Å². The zero-order valence-electron chi connectivity index (χ0n) is 15.1. The van der Waals surface area contributed by atoms with Gasteiger partial charge in [0.05, 0.1) is 18.7 Å². The standard InChI is InChI=1S/C20H31N2O.ClH/c1-3-5-6-7-8-12-17-23-18-22-16-15-21(4-2)20(22)19-13-10-9-11-14-19;/h9-11,13-16H,3-8,12,17-18H2,1-2H3;1H/q+1;/p-1. The van der Waals surface area contributed by atoms with Gasteiger partial charge in [-0.25, -0.2) is 9.13 Å². The minimum Gasteiger partial charge on any atom is -1.00 e. The normalized spacial score (nSPS) is 10.6. The Labute approximate surface area is 153 Å². The van der Waals surface area contributed by atoms with Gasteiger partial charge in [0.2, 0.25) is 0 Å². The molecule has 0 saturated heterocycles. The van der Waals surface area contributed by atoms with Gasteiger partial charge in [-0.3, -0.25) is 0 Å². The Balaban J connectivity index is 0.00000288. The third kappa shape index (κ3) is 6.29. The highest BCUT2D eigenvalue weighted by atomic mass is 35.5. The quantitative estimate of drug-likeness (QED) is 0.446. The van der Waals surface area contributed by atoms with E-state index in [1.807, 2.05) is 0 Å². The maximum absolute atomic E-state index is 5.90. The van der Waals surface area contributed by atoms with Crippen LogP contribution in [-0.4, -0.2) is 11.2 Å². The lowest BCUT2D eigenvalue weighted by Gasteiger charge is -2.06. The monoisotopic (exact) mass is 350 g/mol. The van der Waals surface area contributed by atoms with Gasteiger partial charge < -0.3 is 17.1 Å². The molecule has 1 aromatic carbocycles. The number of aryl methyl sites for hydroxylation is 1. The average Bonchev–Trinajstić information content (AvgIpc) is 3.01. The summed E-state index contributed by atoms with van der Waals surface area (Å²) in [5.41, 5.74) is 1.24. The zero-order chi connectivity index (χ0) is 16.3. The molecule has 2 rings (SSSR count). The van der Waals surface area contributed by atoms with E-state index < -0.39 is 0 Å². The second-order valence-electron chi connectivity index (χ2n) is 6.05. The molecule has 0 bridgehead atoms. The van der Waals surface area contributed by atoms with E-state index in [-0.39, 0.29) is 12.4 Å². The molecule has 0 fully saturated rings. The summed E-state index contributed by atoms with van der Waals surface area (Å²) in [5, 5.41) is 0. The van der Waals surface area contributed by atoms with Crippen LogP contribution in [0.1, 0.15) is 52.4 Å². The molecular formula is C20H31ClN2O. The van der Waals surface area contributed by atoms with Gasteiger partial charge in [-0.2, -0.15) is 0 Å². The molecule has 1 aromatic heterocycles. The number of rotatable bonds is 11. The van der Waals surface area contributed by atoms with Gasteiger partial charge in [-0.05, 0) is 25.5 Å². The van der Waals surface area contributed by atoms with Crippen molar-refractivity contribution < 1.29 is 21.7 Å². The van der Waals surface area contributed by atoms with Crippen LogP contribution in [0.2, 0.25) is 0 Å². The molecule has 0 radical (unpaired) electrons. The van der Waals surface area contributed by atoms with Crippen molar-refractivity contribution in [2.45, 2.75) is 65.6 Å². The van der Waals surface area contributed by atoms with Crippen LogP contribution < -0.4 is 17.0 Å². The first kappa shape index (κ1) is 20.7. The first-order valence-electron chi connectivity index (χ1n) is 9.08. The van der Waals surface area contributed by atoms with Gasteiger partial charge in [0.25, 0.3) is 5.82 Å². The van der Waals surface area contributed by atoms with Gasteiger partial charge in [0, 0.05) is 0 Å². The fourth-order valence-corrected chi connectivity index (χ4v) is 2.89. The number of benzene rings is 1. The number of unbranched alkanes of at least 4 members (excludes halogenated alkanes) is 5. The maximum Gasteiger partial charge on any atom is 0.290 e. The van der Waals surface area contributed by atoms with E-state index >= 15 is 0 Å². The summed E-state index contributed by atoms with van der Waals surface area (Å²) in [6.07, 6.45) is 12.1. The molecule has 0 atom stereocenters. The van der Waals surface area contributed by atoms with E-state index in [2.05, 4.69) is 65.7 Å². The minimum absolute atomic E-state index is 0. The average molecular weight is 351 g/mol. The summed E-state index contributed by atoms with van der Waals surface area (Å²) in [5.74, 6) is 1.22. The van der Waals surface area contributed by atoms with Crippen molar-refractivity contribution in [3.63, 3.8) is 0 Å². The fourth-order valence-electron chi connectivity index (χ4n) is 2.89. The fraction of sp³-hybridized carbons (Fsp3) is 0.550. The summed E-state index contributed by atoms with van der Waals surface area (Å²) >= 11 is 0. The Morgan fingerprint density at radius 1 is 0.958 bits per heavy atom. The van der Waals surface area contributed by atoms with Crippen LogP contribution in [0.15, 0.2) is 42.7 Å². The van der Waals surface area contributed by atoms with Crippen molar-refractivity contribution in [3.8, 4) is 11.4 Å². The summed E-state index contributed by atoms with van der Waals surface area (Å²) in [7, 11) is 0. The van der Waals surface area contributed by atoms with E-state index in [0.29, 0.717) is 6.73 Å². The summed E-state index contributed by atoms with van der Waals surface area (Å²) in [6.45, 7) is 6.88. The van der Waals surface area contributed by atoms with Crippen LogP contribution in [-0.2, 0) is 18.0 Å². The van der Waals surface area contributed by atoms with E-state index in [1.54, 1.807) is 0 Å². The van der Waals surface area contributed by atoms with Crippen LogP contribution in [0.4, 0.5) is 0 Å². The van der Waals surface area contributed by atoms with Crippen LogP contribution >= 0.6 is 0 Å². The highest BCUT2D eigenvalue weighted by Gasteiger charge is 2.17. The first-order chi connectivity index (χ1) is 11.4. The van der Waals surface area contributed by atoms with Crippen molar-refractivity contribution in [1.82, 2.24) is 4.57 Å². The summed E-state index contributed by atoms with van der Waals surface area (Å²) < 4.78 is 10.4. The Morgan fingerprint density at radius 3 is 2.38 bits per heavy atom. The van der Waals surface area contributed by atoms with Crippen LogP contribution in [0.25, 0.3) is 11.4 Å². The largest absolute Gasteiger partial charge is 1.00 e. The molecule has 0 aliphatic heterocycles.